The van der Waals surface area contributed by atoms with Gasteiger partial charge in [-0.2, -0.15) is 0 Å². The number of amides is 1. The number of rotatable bonds is 3. The van der Waals surface area contributed by atoms with Gasteiger partial charge in [0.15, 0.2) is 0 Å². The Morgan fingerprint density at radius 1 is 1.15 bits per heavy atom. The van der Waals surface area contributed by atoms with Gasteiger partial charge in [-0.05, 0) is 55.8 Å². The van der Waals surface area contributed by atoms with Crippen molar-refractivity contribution in [3.8, 4) is 0 Å². The normalized spacial score (nSPS) is 21.2. The molecule has 0 unspecified atom stereocenters. The lowest BCUT2D eigenvalue weighted by molar-refractivity contribution is -0.133. The van der Waals surface area contributed by atoms with Crippen molar-refractivity contribution in [3.05, 3.63) is 35.4 Å². The molecular formula is C17H24N2O. The summed E-state index contributed by atoms with van der Waals surface area (Å²) in [6.45, 7) is 3.96. The molecule has 1 amide bonds. The number of likely N-dealkylation sites (tertiary alicyclic amines) is 1. The van der Waals surface area contributed by atoms with Crippen LogP contribution >= 0.6 is 0 Å². The second kappa shape index (κ2) is 6.40. The van der Waals surface area contributed by atoms with Gasteiger partial charge in [0.2, 0.25) is 5.91 Å². The van der Waals surface area contributed by atoms with Crippen molar-refractivity contribution in [2.75, 3.05) is 19.6 Å². The zero-order chi connectivity index (χ0) is 13.8. The van der Waals surface area contributed by atoms with Crippen molar-refractivity contribution >= 4 is 5.91 Å². The van der Waals surface area contributed by atoms with E-state index in [0.29, 0.717) is 11.8 Å². The molecule has 3 heteroatoms. The molecule has 0 radical (unpaired) electrons. The molecule has 0 bridgehead atoms. The highest BCUT2D eigenvalue weighted by Gasteiger charge is 2.22. The Balaban J connectivity index is 1.76. The lowest BCUT2D eigenvalue weighted by Crippen LogP contribution is -2.35. The summed E-state index contributed by atoms with van der Waals surface area (Å²) in [6, 6.07) is 8.71. The smallest absolute Gasteiger partial charge is 0.222 e. The van der Waals surface area contributed by atoms with Crippen LogP contribution in [0.3, 0.4) is 0 Å². The van der Waals surface area contributed by atoms with Gasteiger partial charge >= 0.3 is 0 Å². The highest BCUT2D eigenvalue weighted by atomic mass is 16.2. The number of hydrogen-bond donors (Lipinski definition) is 1. The number of benzene rings is 1. The Morgan fingerprint density at radius 3 is 2.75 bits per heavy atom. The zero-order valence-electron chi connectivity index (χ0n) is 12.1. The van der Waals surface area contributed by atoms with Crippen molar-refractivity contribution < 1.29 is 4.79 Å². The number of carbonyl (C=O) groups is 1. The minimum Gasteiger partial charge on any atom is -0.338 e. The van der Waals surface area contributed by atoms with Crippen LogP contribution in [-0.2, 0) is 11.3 Å². The van der Waals surface area contributed by atoms with E-state index in [1.807, 2.05) is 4.90 Å². The number of nitrogens with zero attached hydrogens (tertiary/aromatic N) is 1. The highest BCUT2D eigenvalue weighted by Crippen LogP contribution is 2.29. The van der Waals surface area contributed by atoms with Crippen LogP contribution < -0.4 is 5.32 Å². The van der Waals surface area contributed by atoms with E-state index in [2.05, 4.69) is 29.6 Å². The fourth-order valence-electron chi connectivity index (χ4n) is 3.44. The van der Waals surface area contributed by atoms with E-state index in [-0.39, 0.29) is 0 Å². The molecule has 2 saturated heterocycles. The van der Waals surface area contributed by atoms with Crippen LogP contribution in [0.2, 0.25) is 0 Å². The number of carbonyl (C=O) groups excluding carboxylic acids is 1. The Kier molecular flexibility index (Phi) is 4.36. The molecule has 0 aromatic heterocycles. The van der Waals surface area contributed by atoms with Gasteiger partial charge in [-0.25, -0.2) is 0 Å². The molecule has 0 saturated carbocycles. The standard InChI is InChI=1S/C17H24N2O/c20-17-7-3-4-12-19(17)13-15-5-1-2-6-16(15)14-8-10-18-11-9-14/h1-2,5-6,14,18H,3-4,7-13H2. The first-order chi connectivity index (χ1) is 9.84. The Bertz CT molecular complexity index is 466. The summed E-state index contributed by atoms with van der Waals surface area (Å²) < 4.78 is 0. The summed E-state index contributed by atoms with van der Waals surface area (Å²) in [5, 5.41) is 3.43. The van der Waals surface area contributed by atoms with Gasteiger partial charge in [0.05, 0.1) is 0 Å². The Morgan fingerprint density at radius 2 is 1.95 bits per heavy atom. The van der Waals surface area contributed by atoms with Crippen molar-refractivity contribution in [2.24, 2.45) is 0 Å². The van der Waals surface area contributed by atoms with Crippen LogP contribution in [0.15, 0.2) is 24.3 Å². The van der Waals surface area contributed by atoms with Crippen molar-refractivity contribution in [1.29, 1.82) is 0 Å². The van der Waals surface area contributed by atoms with E-state index < -0.39 is 0 Å². The zero-order valence-corrected chi connectivity index (χ0v) is 12.1. The summed E-state index contributed by atoms with van der Waals surface area (Å²) >= 11 is 0. The highest BCUT2D eigenvalue weighted by molar-refractivity contribution is 5.76. The van der Waals surface area contributed by atoms with Crippen LogP contribution in [0.4, 0.5) is 0 Å². The molecule has 1 aromatic carbocycles. The molecule has 1 aromatic rings. The third-order valence-corrected chi connectivity index (χ3v) is 4.62. The first-order valence-electron chi connectivity index (χ1n) is 7.91. The molecule has 1 N–H and O–H groups in total. The number of hydrogen-bond acceptors (Lipinski definition) is 2. The number of nitrogens with one attached hydrogen (secondary N) is 1. The molecule has 3 rings (SSSR count). The molecule has 3 nitrogen and oxygen atoms in total. The maximum absolute atomic E-state index is 12.0. The quantitative estimate of drug-likeness (QED) is 0.917. The first kappa shape index (κ1) is 13.6. The van der Waals surface area contributed by atoms with E-state index >= 15 is 0 Å². The molecule has 2 aliphatic rings. The lowest BCUT2D eigenvalue weighted by Gasteiger charge is -2.30. The largest absolute Gasteiger partial charge is 0.338 e. The minimum absolute atomic E-state index is 0.330. The minimum atomic E-state index is 0.330. The number of piperidine rings is 2. The summed E-state index contributed by atoms with van der Waals surface area (Å²) in [7, 11) is 0. The monoisotopic (exact) mass is 272 g/mol. The van der Waals surface area contributed by atoms with E-state index in [1.54, 1.807) is 0 Å². The molecule has 108 valence electrons. The molecule has 0 spiro atoms. The second-order valence-electron chi connectivity index (χ2n) is 6.00. The molecule has 0 atom stereocenters. The maximum Gasteiger partial charge on any atom is 0.222 e. The van der Waals surface area contributed by atoms with Gasteiger partial charge in [0, 0.05) is 19.5 Å². The average molecular weight is 272 g/mol. The van der Waals surface area contributed by atoms with Crippen LogP contribution in [0.25, 0.3) is 0 Å². The SMILES string of the molecule is O=C1CCCCN1Cc1ccccc1C1CCNCC1. The molecule has 20 heavy (non-hydrogen) atoms. The van der Waals surface area contributed by atoms with Crippen LogP contribution in [-0.4, -0.2) is 30.4 Å². The van der Waals surface area contributed by atoms with Gasteiger partial charge in [-0.1, -0.05) is 24.3 Å². The summed E-state index contributed by atoms with van der Waals surface area (Å²) in [4.78, 5) is 14.0. The van der Waals surface area contributed by atoms with Crippen LogP contribution in [0, 0.1) is 0 Å². The van der Waals surface area contributed by atoms with Crippen LogP contribution in [0.5, 0.6) is 0 Å². The predicted octanol–water partition coefficient (Wildman–Crippen LogP) is 2.67. The van der Waals surface area contributed by atoms with E-state index in [4.69, 9.17) is 0 Å². The molecule has 2 fully saturated rings. The second-order valence-corrected chi connectivity index (χ2v) is 6.00. The van der Waals surface area contributed by atoms with Gasteiger partial charge in [-0.3, -0.25) is 4.79 Å². The van der Waals surface area contributed by atoms with E-state index in [0.717, 1.165) is 45.4 Å². The topological polar surface area (TPSA) is 32.3 Å². The van der Waals surface area contributed by atoms with Gasteiger partial charge in [-0.15, -0.1) is 0 Å². The molecular weight excluding hydrogens is 248 g/mol. The van der Waals surface area contributed by atoms with E-state index in [1.165, 1.54) is 24.0 Å². The lowest BCUT2D eigenvalue weighted by atomic mass is 9.87. The third kappa shape index (κ3) is 3.04. The maximum atomic E-state index is 12.0. The van der Waals surface area contributed by atoms with Crippen molar-refractivity contribution in [3.63, 3.8) is 0 Å². The molecule has 2 aliphatic heterocycles. The molecule has 0 aliphatic carbocycles. The predicted molar refractivity (Wildman–Crippen MR) is 80.6 cm³/mol. The fourth-order valence-corrected chi connectivity index (χ4v) is 3.44. The van der Waals surface area contributed by atoms with Crippen molar-refractivity contribution in [1.82, 2.24) is 10.2 Å². The van der Waals surface area contributed by atoms with Crippen molar-refractivity contribution in [2.45, 2.75) is 44.6 Å². The fraction of sp³-hybridized carbons (Fsp3) is 0.588. The summed E-state index contributed by atoms with van der Waals surface area (Å²) in [6.07, 6.45) is 5.37. The first-order valence-corrected chi connectivity index (χ1v) is 7.91. The molecule has 2 heterocycles. The van der Waals surface area contributed by atoms with E-state index in [9.17, 15) is 4.79 Å². The summed E-state index contributed by atoms with van der Waals surface area (Å²) in [5.41, 5.74) is 2.82. The Hall–Kier alpha value is -1.35. The van der Waals surface area contributed by atoms with Crippen LogP contribution in [0.1, 0.15) is 49.1 Å². The third-order valence-electron chi connectivity index (χ3n) is 4.62. The average Bonchev–Trinajstić information content (AvgIpc) is 2.51. The summed E-state index contributed by atoms with van der Waals surface area (Å²) in [5.74, 6) is 0.990. The Labute approximate surface area is 121 Å². The van der Waals surface area contributed by atoms with Gasteiger partial charge < -0.3 is 10.2 Å². The van der Waals surface area contributed by atoms with Gasteiger partial charge in [0.25, 0.3) is 0 Å². The van der Waals surface area contributed by atoms with Gasteiger partial charge in [0.1, 0.15) is 0 Å².